The first kappa shape index (κ1) is 19.2. The van der Waals surface area contributed by atoms with Crippen molar-refractivity contribution in [2.45, 2.75) is 20.8 Å². The van der Waals surface area contributed by atoms with Gasteiger partial charge >= 0.3 is 0 Å². The van der Waals surface area contributed by atoms with Crippen LogP contribution in [0.25, 0.3) is 16.9 Å². The van der Waals surface area contributed by atoms with E-state index in [4.69, 9.17) is 5.26 Å². The highest BCUT2D eigenvalue weighted by molar-refractivity contribution is 5.71. The molecule has 2 aromatic rings. The maximum Gasteiger partial charge on any atom is 0.115 e. The first-order valence-corrected chi connectivity index (χ1v) is 7.11. The van der Waals surface area contributed by atoms with Gasteiger partial charge in [0, 0.05) is 5.56 Å². The number of nitrogens with zero attached hydrogens (tertiary/aromatic N) is 1. The van der Waals surface area contributed by atoms with Crippen molar-refractivity contribution in [1.82, 2.24) is 0 Å². The van der Waals surface area contributed by atoms with Gasteiger partial charge in [0.1, 0.15) is 5.76 Å². The maximum atomic E-state index is 9.35. The van der Waals surface area contributed by atoms with Gasteiger partial charge in [-0.3, -0.25) is 0 Å². The quantitative estimate of drug-likeness (QED) is 0.554. The van der Waals surface area contributed by atoms with Crippen molar-refractivity contribution in [3.8, 4) is 17.2 Å². The second kappa shape index (κ2) is 10.0. The van der Waals surface area contributed by atoms with Crippen molar-refractivity contribution in [1.29, 1.82) is 5.26 Å². The van der Waals surface area contributed by atoms with Crippen molar-refractivity contribution >= 4 is 5.76 Å². The van der Waals surface area contributed by atoms with E-state index in [1.54, 1.807) is 12.1 Å². The fourth-order valence-corrected chi connectivity index (χ4v) is 1.89. The largest absolute Gasteiger partial charge is 0.508 e. The molecular weight excluding hydrogens is 270 g/mol. The fraction of sp³-hybridized carbons (Fsp3) is 0.150. The van der Waals surface area contributed by atoms with E-state index in [1.807, 2.05) is 51.1 Å². The molecule has 0 aromatic heterocycles. The Hall–Kier alpha value is -2.79. The molecule has 114 valence electrons. The van der Waals surface area contributed by atoms with Crippen LogP contribution in [0.1, 0.15) is 30.5 Å². The lowest BCUT2D eigenvalue weighted by Gasteiger charge is -2.08. The van der Waals surface area contributed by atoms with E-state index in [2.05, 4.69) is 25.8 Å². The second-order valence-corrected chi connectivity index (χ2v) is 4.17. The standard InChI is InChI=1S/C16H13NO.C2H6.C2H4/c1-11-9-15(12(2)18)7-8-16(11)14-5-3-13(10-17)4-6-14;2*1-2/h3-9,18H,2H2,1H3;1-2H3;1-2H2. The molecule has 0 radical (unpaired) electrons. The molecule has 0 saturated heterocycles. The Balaban J connectivity index is 0.00000102. The summed E-state index contributed by atoms with van der Waals surface area (Å²) >= 11 is 0. The Bertz CT molecular complexity index is 648. The Labute approximate surface area is 133 Å². The molecule has 0 unspecified atom stereocenters. The first-order valence-electron chi connectivity index (χ1n) is 7.11. The predicted octanol–water partition coefficient (Wildman–Crippen LogP) is 5.89. The van der Waals surface area contributed by atoms with Gasteiger partial charge in [-0.15, -0.1) is 13.2 Å². The zero-order valence-electron chi connectivity index (χ0n) is 13.6. The van der Waals surface area contributed by atoms with Gasteiger partial charge in [-0.25, -0.2) is 0 Å². The van der Waals surface area contributed by atoms with Crippen molar-refractivity contribution in [2.75, 3.05) is 0 Å². The van der Waals surface area contributed by atoms with Gasteiger partial charge in [0.05, 0.1) is 11.6 Å². The van der Waals surface area contributed by atoms with Crippen LogP contribution in [0.2, 0.25) is 0 Å². The maximum absolute atomic E-state index is 9.35. The normalized spacial score (nSPS) is 8.45. The zero-order valence-corrected chi connectivity index (χ0v) is 13.6. The van der Waals surface area contributed by atoms with E-state index in [0.717, 1.165) is 22.3 Å². The summed E-state index contributed by atoms with van der Waals surface area (Å²) in [5, 5.41) is 18.1. The number of benzene rings is 2. The van der Waals surface area contributed by atoms with Crippen LogP contribution in [0.3, 0.4) is 0 Å². The third kappa shape index (κ3) is 4.96. The summed E-state index contributed by atoms with van der Waals surface area (Å²) in [6.45, 7) is 15.5. The lowest BCUT2D eigenvalue weighted by Crippen LogP contribution is -1.87. The molecule has 0 saturated carbocycles. The summed E-state index contributed by atoms with van der Waals surface area (Å²) in [6.07, 6.45) is 0. The number of aryl methyl sites for hydroxylation is 1. The Morgan fingerprint density at radius 1 is 1.05 bits per heavy atom. The molecule has 0 aliphatic rings. The van der Waals surface area contributed by atoms with Gasteiger partial charge in [-0.1, -0.05) is 44.7 Å². The average molecular weight is 293 g/mol. The molecule has 0 atom stereocenters. The van der Waals surface area contributed by atoms with Crippen LogP contribution < -0.4 is 0 Å². The molecule has 0 aliphatic carbocycles. The van der Waals surface area contributed by atoms with Gasteiger partial charge in [-0.2, -0.15) is 5.26 Å². The summed E-state index contributed by atoms with van der Waals surface area (Å²) < 4.78 is 0. The van der Waals surface area contributed by atoms with E-state index in [9.17, 15) is 5.11 Å². The van der Waals surface area contributed by atoms with Crippen LogP contribution in [-0.4, -0.2) is 5.11 Å². The summed E-state index contributed by atoms with van der Waals surface area (Å²) in [4.78, 5) is 0. The molecule has 2 aromatic carbocycles. The number of aliphatic hydroxyl groups is 1. The molecule has 0 aliphatic heterocycles. The van der Waals surface area contributed by atoms with Gasteiger partial charge in [0.25, 0.3) is 0 Å². The molecule has 0 amide bonds. The van der Waals surface area contributed by atoms with Crippen LogP contribution in [0.15, 0.2) is 62.2 Å². The van der Waals surface area contributed by atoms with Crippen LogP contribution in [0.4, 0.5) is 0 Å². The van der Waals surface area contributed by atoms with Crippen LogP contribution in [0.5, 0.6) is 0 Å². The third-order valence-electron chi connectivity index (χ3n) is 2.88. The highest BCUT2D eigenvalue weighted by Crippen LogP contribution is 2.25. The molecule has 2 heteroatoms. The Kier molecular flexibility index (Phi) is 8.74. The number of aliphatic hydroxyl groups excluding tert-OH is 1. The summed E-state index contributed by atoms with van der Waals surface area (Å²) in [5.74, 6) is 0.0736. The van der Waals surface area contributed by atoms with Crippen LogP contribution in [0, 0.1) is 18.3 Å². The van der Waals surface area contributed by atoms with Crippen molar-refractivity contribution < 1.29 is 5.11 Å². The van der Waals surface area contributed by atoms with E-state index >= 15 is 0 Å². The highest BCUT2D eigenvalue weighted by Gasteiger charge is 2.04. The average Bonchev–Trinajstić information content (AvgIpc) is 2.58. The van der Waals surface area contributed by atoms with E-state index in [1.165, 1.54) is 0 Å². The molecule has 2 rings (SSSR count). The molecule has 0 spiro atoms. The smallest absolute Gasteiger partial charge is 0.115 e. The van der Waals surface area contributed by atoms with Gasteiger partial charge in [-0.05, 0) is 41.8 Å². The van der Waals surface area contributed by atoms with Crippen molar-refractivity contribution in [3.05, 3.63) is 78.9 Å². The van der Waals surface area contributed by atoms with Gasteiger partial charge in [0.2, 0.25) is 0 Å². The molecular formula is C20H23NO. The Morgan fingerprint density at radius 2 is 1.59 bits per heavy atom. The lowest BCUT2D eigenvalue weighted by atomic mass is 9.97. The molecule has 0 heterocycles. The van der Waals surface area contributed by atoms with E-state index in [0.29, 0.717) is 5.56 Å². The minimum Gasteiger partial charge on any atom is -0.508 e. The number of nitriles is 1. The fourth-order valence-electron chi connectivity index (χ4n) is 1.89. The topological polar surface area (TPSA) is 44.0 Å². The third-order valence-corrected chi connectivity index (χ3v) is 2.88. The number of rotatable bonds is 2. The predicted molar refractivity (Wildman–Crippen MR) is 95.6 cm³/mol. The van der Waals surface area contributed by atoms with Crippen LogP contribution >= 0.6 is 0 Å². The SMILES string of the molecule is C=C.C=C(O)c1ccc(-c2ccc(C#N)cc2)c(C)c1.CC. The van der Waals surface area contributed by atoms with Gasteiger partial charge < -0.3 is 5.11 Å². The number of hydrogen-bond acceptors (Lipinski definition) is 2. The van der Waals surface area contributed by atoms with E-state index < -0.39 is 0 Å². The molecule has 0 fully saturated rings. The van der Waals surface area contributed by atoms with Crippen molar-refractivity contribution in [3.63, 3.8) is 0 Å². The zero-order chi connectivity index (χ0) is 17.1. The van der Waals surface area contributed by atoms with E-state index in [-0.39, 0.29) is 5.76 Å². The minimum atomic E-state index is 0.0736. The van der Waals surface area contributed by atoms with Crippen molar-refractivity contribution in [2.24, 2.45) is 0 Å². The second-order valence-electron chi connectivity index (χ2n) is 4.17. The molecule has 22 heavy (non-hydrogen) atoms. The monoisotopic (exact) mass is 293 g/mol. The summed E-state index contributed by atoms with van der Waals surface area (Å²) in [7, 11) is 0. The first-order chi connectivity index (χ1) is 10.6. The molecule has 0 bridgehead atoms. The lowest BCUT2D eigenvalue weighted by molar-refractivity contribution is 0.514. The molecule has 1 N–H and O–H groups in total. The minimum absolute atomic E-state index is 0.0736. The summed E-state index contributed by atoms with van der Waals surface area (Å²) in [5.41, 5.74) is 4.58. The van der Waals surface area contributed by atoms with Crippen LogP contribution in [-0.2, 0) is 0 Å². The Morgan fingerprint density at radius 3 is 2.00 bits per heavy atom. The molecule has 2 nitrogen and oxygen atoms in total. The number of hydrogen-bond donors (Lipinski definition) is 1. The van der Waals surface area contributed by atoms with Gasteiger partial charge in [0.15, 0.2) is 0 Å². The highest BCUT2D eigenvalue weighted by atomic mass is 16.3. The summed E-state index contributed by atoms with van der Waals surface area (Å²) in [6, 6.07) is 15.2.